The number of nitrogens with one attached hydrogen (secondary N) is 1. The SMILES string of the molecule is CC(NC(=O)CN1C(=O)CSC=C1c1ccccc1)C(=O)O. The van der Waals surface area contributed by atoms with Crippen LogP contribution in [0.15, 0.2) is 35.7 Å². The van der Waals surface area contributed by atoms with E-state index in [1.54, 1.807) is 0 Å². The highest BCUT2D eigenvalue weighted by Crippen LogP contribution is 2.27. The van der Waals surface area contributed by atoms with E-state index in [0.29, 0.717) is 5.70 Å². The molecule has 116 valence electrons. The number of carboxylic acid groups (broad SMARTS) is 1. The van der Waals surface area contributed by atoms with Gasteiger partial charge in [-0.2, -0.15) is 0 Å². The average molecular weight is 320 g/mol. The molecule has 2 N–H and O–H groups in total. The fourth-order valence-corrected chi connectivity index (χ4v) is 2.77. The first-order chi connectivity index (χ1) is 10.5. The fourth-order valence-electron chi connectivity index (χ4n) is 1.97. The molecule has 0 aromatic heterocycles. The summed E-state index contributed by atoms with van der Waals surface area (Å²) in [5, 5.41) is 13.0. The summed E-state index contributed by atoms with van der Waals surface area (Å²) in [6.07, 6.45) is 0. The van der Waals surface area contributed by atoms with Crippen LogP contribution in [-0.2, 0) is 14.4 Å². The van der Waals surface area contributed by atoms with Crippen LogP contribution in [0, 0.1) is 0 Å². The fraction of sp³-hybridized carbons (Fsp3) is 0.267. The molecule has 1 unspecified atom stereocenters. The first-order valence-electron chi connectivity index (χ1n) is 6.68. The highest BCUT2D eigenvalue weighted by atomic mass is 32.2. The van der Waals surface area contributed by atoms with Crippen molar-refractivity contribution in [1.82, 2.24) is 10.2 Å². The van der Waals surface area contributed by atoms with Crippen LogP contribution in [0.3, 0.4) is 0 Å². The highest BCUT2D eigenvalue weighted by molar-refractivity contribution is 8.03. The summed E-state index contributed by atoms with van der Waals surface area (Å²) in [5.41, 5.74) is 1.49. The van der Waals surface area contributed by atoms with Gasteiger partial charge < -0.3 is 15.3 Å². The maximum Gasteiger partial charge on any atom is 0.325 e. The van der Waals surface area contributed by atoms with E-state index in [9.17, 15) is 14.4 Å². The molecule has 1 aromatic carbocycles. The molecule has 22 heavy (non-hydrogen) atoms. The molecule has 2 rings (SSSR count). The van der Waals surface area contributed by atoms with Gasteiger partial charge in [0.1, 0.15) is 12.6 Å². The lowest BCUT2D eigenvalue weighted by atomic mass is 10.1. The Labute approximate surface area is 132 Å². The Bertz CT molecular complexity index is 615. The van der Waals surface area contributed by atoms with Gasteiger partial charge in [-0.05, 0) is 17.9 Å². The van der Waals surface area contributed by atoms with E-state index in [1.165, 1.54) is 23.6 Å². The molecule has 0 bridgehead atoms. The summed E-state index contributed by atoms with van der Waals surface area (Å²) in [6.45, 7) is 1.18. The quantitative estimate of drug-likeness (QED) is 0.850. The third kappa shape index (κ3) is 3.88. The molecule has 1 atom stereocenters. The number of hydrogen-bond donors (Lipinski definition) is 2. The third-order valence-electron chi connectivity index (χ3n) is 3.11. The molecule has 2 amide bonds. The van der Waals surface area contributed by atoms with E-state index in [2.05, 4.69) is 5.32 Å². The molecule has 6 nitrogen and oxygen atoms in total. The van der Waals surface area contributed by atoms with Gasteiger partial charge in [-0.15, -0.1) is 11.8 Å². The van der Waals surface area contributed by atoms with Crippen molar-refractivity contribution in [3.8, 4) is 0 Å². The van der Waals surface area contributed by atoms with Crippen molar-refractivity contribution >= 4 is 35.2 Å². The predicted octanol–water partition coefficient (Wildman–Crippen LogP) is 1.15. The minimum atomic E-state index is -1.12. The minimum absolute atomic E-state index is 0.176. The van der Waals surface area contributed by atoms with Gasteiger partial charge in [0.2, 0.25) is 11.8 Å². The number of aliphatic carboxylic acids is 1. The summed E-state index contributed by atoms with van der Waals surface area (Å²) in [5.74, 6) is -1.54. The highest BCUT2D eigenvalue weighted by Gasteiger charge is 2.26. The smallest absolute Gasteiger partial charge is 0.325 e. The number of hydrogen-bond acceptors (Lipinski definition) is 4. The summed E-state index contributed by atoms with van der Waals surface area (Å²) < 4.78 is 0. The second-order valence-corrected chi connectivity index (χ2v) is 5.65. The Morgan fingerprint density at radius 2 is 2.05 bits per heavy atom. The number of thioether (sulfide) groups is 1. The van der Waals surface area contributed by atoms with Crippen LogP contribution in [-0.4, -0.2) is 46.1 Å². The Kier molecular flexibility index (Phi) is 5.21. The largest absolute Gasteiger partial charge is 0.480 e. The van der Waals surface area contributed by atoms with E-state index < -0.39 is 17.9 Å². The zero-order chi connectivity index (χ0) is 16.1. The lowest BCUT2D eigenvalue weighted by Crippen LogP contribution is -2.46. The van der Waals surface area contributed by atoms with Crippen molar-refractivity contribution in [3.05, 3.63) is 41.3 Å². The Hall–Kier alpha value is -2.28. The Morgan fingerprint density at radius 1 is 1.36 bits per heavy atom. The van der Waals surface area contributed by atoms with Crippen LogP contribution in [0.25, 0.3) is 5.70 Å². The number of rotatable bonds is 5. The summed E-state index contributed by atoms with van der Waals surface area (Å²) >= 11 is 1.38. The van der Waals surface area contributed by atoms with Crippen molar-refractivity contribution in [2.75, 3.05) is 12.3 Å². The van der Waals surface area contributed by atoms with Gasteiger partial charge in [0.25, 0.3) is 0 Å². The van der Waals surface area contributed by atoms with Crippen LogP contribution in [0.5, 0.6) is 0 Å². The number of carboxylic acids is 1. The van der Waals surface area contributed by atoms with Crippen molar-refractivity contribution in [2.45, 2.75) is 13.0 Å². The lowest BCUT2D eigenvalue weighted by Gasteiger charge is -2.28. The number of nitrogens with zero attached hydrogens (tertiary/aromatic N) is 1. The standard InChI is InChI=1S/C15H16N2O4S/c1-10(15(20)21)16-13(18)7-17-12(8-22-9-14(17)19)11-5-3-2-4-6-11/h2-6,8,10H,7,9H2,1H3,(H,16,18)(H,20,21). The topological polar surface area (TPSA) is 86.7 Å². The van der Waals surface area contributed by atoms with Crippen molar-refractivity contribution < 1.29 is 19.5 Å². The molecule has 7 heteroatoms. The van der Waals surface area contributed by atoms with E-state index in [0.717, 1.165) is 5.56 Å². The second-order valence-electron chi connectivity index (χ2n) is 4.79. The number of amides is 2. The van der Waals surface area contributed by atoms with Crippen LogP contribution >= 0.6 is 11.8 Å². The average Bonchev–Trinajstić information content (AvgIpc) is 2.50. The van der Waals surface area contributed by atoms with Gasteiger partial charge in [0.15, 0.2) is 0 Å². The summed E-state index contributed by atoms with van der Waals surface area (Å²) in [4.78, 5) is 36.2. The second kappa shape index (κ2) is 7.13. The van der Waals surface area contributed by atoms with Crippen LogP contribution in [0.4, 0.5) is 0 Å². The molecule has 0 saturated heterocycles. The van der Waals surface area contributed by atoms with Crippen LogP contribution < -0.4 is 5.32 Å². The molecule has 0 fully saturated rings. The molecule has 0 radical (unpaired) electrons. The molecular formula is C15H16N2O4S. The van der Waals surface area contributed by atoms with Crippen LogP contribution in [0.1, 0.15) is 12.5 Å². The zero-order valence-corrected chi connectivity index (χ0v) is 12.8. The first kappa shape index (κ1) is 16.1. The van der Waals surface area contributed by atoms with Gasteiger partial charge in [-0.25, -0.2) is 0 Å². The molecule has 0 aliphatic carbocycles. The number of carbonyl (C=O) groups is 3. The Balaban J connectivity index is 2.14. The summed E-state index contributed by atoms with van der Waals surface area (Å²) in [7, 11) is 0. The molecule has 1 aliphatic heterocycles. The van der Waals surface area contributed by atoms with Crippen molar-refractivity contribution in [1.29, 1.82) is 0 Å². The van der Waals surface area contributed by atoms with Crippen LogP contribution in [0.2, 0.25) is 0 Å². The van der Waals surface area contributed by atoms with Gasteiger partial charge in [0, 0.05) is 0 Å². The number of benzene rings is 1. The minimum Gasteiger partial charge on any atom is -0.480 e. The van der Waals surface area contributed by atoms with Gasteiger partial charge in [0.05, 0.1) is 11.4 Å². The van der Waals surface area contributed by atoms with Gasteiger partial charge in [-0.1, -0.05) is 30.3 Å². The monoisotopic (exact) mass is 320 g/mol. The van der Waals surface area contributed by atoms with E-state index >= 15 is 0 Å². The maximum atomic E-state index is 12.1. The number of carbonyl (C=O) groups excluding carboxylic acids is 2. The molecular weight excluding hydrogens is 304 g/mol. The van der Waals surface area contributed by atoms with Gasteiger partial charge >= 0.3 is 5.97 Å². The maximum absolute atomic E-state index is 12.1. The molecule has 1 aromatic rings. The lowest BCUT2D eigenvalue weighted by molar-refractivity contribution is -0.141. The zero-order valence-electron chi connectivity index (χ0n) is 12.0. The normalized spacial score (nSPS) is 16.0. The molecule has 1 aliphatic rings. The Morgan fingerprint density at radius 3 is 2.68 bits per heavy atom. The molecule has 1 heterocycles. The van der Waals surface area contributed by atoms with Crippen molar-refractivity contribution in [3.63, 3.8) is 0 Å². The first-order valence-corrected chi connectivity index (χ1v) is 7.73. The summed E-state index contributed by atoms with van der Waals surface area (Å²) in [6, 6.07) is 8.29. The van der Waals surface area contributed by atoms with E-state index in [1.807, 2.05) is 35.7 Å². The van der Waals surface area contributed by atoms with E-state index in [4.69, 9.17) is 5.11 Å². The van der Waals surface area contributed by atoms with Gasteiger partial charge in [-0.3, -0.25) is 14.4 Å². The van der Waals surface area contributed by atoms with E-state index in [-0.39, 0.29) is 18.2 Å². The molecule has 0 spiro atoms. The molecule has 0 saturated carbocycles. The predicted molar refractivity (Wildman–Crippen MR) is 83.8 cm³/mol. The third-order valence-corrected chi connectivity index (χ3v) is 3.92. The van der Waals surface area contributed by atoms with Crippen molar-refractivity contribution in [2.24, 2.45) is 0 Å².